The number of benzene rings is 2. The number of rotatable bonds is 8. The van der Waals surface area contributed by atoms with Crippen LogP contribution in [0.5, 0.6) is 0 Å². The van der Waals surface area contributed by atoms with Crippen LogP contribution in [0.3, 0.4) is 0 Å². The van der Waals surface area contributed by atoms with Gasteiger partial charge in [0.1, 0.15) is 6.10 Å². The van der Waals surface area contributed by atoms with Crippen LogP contribution in [0.4, 0.5) is 0 Å². The Morgan fingerprint density at radius 2 is 1.81 bits per heavy atom. The molecule has 1 N–H and O–H groups in total. The molecule has 2 fully saturated rings. The Morgan fingerprint density at radius 1 is 1.06 bits per heavy atom. The van der Waals surface area contributed by atoms with Gasteiger partial charge in [-0.3, -0.25) is 4.79 Å². The predicted molar refractivity (Wildman–Crippen MR) is 130 cm³/mol. The lowest BCUT2D eigenvalue weighted by molar-refractivity contribution is -0.183. The molecule has 0 radical (unpaired) electrons. The first-order valence-electron chi connectivity index (χ1n) is 12.2. The van der Waals surface area contributed by atoms with E-state index in [1.165, 1.54) is 0 Å². The molecule has 1 heterocycles. The van der Waals surface area contributed by atoms with Gasteiger partial charge < -0.3 is 24.3 Å². The van der Waals surface area contributed by atoms with Crippen LogP contribution in [0.2, 0.25) is 0 Å². The summed E-state index contributed by atoms with van der Waals surface area (Å²) in [5.74, 6) is -1.06. The van der Waals surface area contributed by atoms with Crippen molar-refractivity contribution < 1.29 is 23.7 Å². The van der Waals surface area contributed by atoms with E-state index in [2.05, 4.69) is 17.5 Å². The van der Waals surface area contributed by atoms with Crippen molar-refractivity contribution in [1.29, 1.82) is 10.5 Å². The van der Waals surface area contributed by atoms with Gasteiger partial charge in [-0.05, 0) is 50.1 Å². The highest BCUT2D eigenvalue weighted by Crippen LogP contribution is 2.44. The molecule has 1 saturated carbocycles. The summed E-state index contributed by atoms with van der Waals surface area (Å²) < 4.78 is 25.1. The number of fused-ring (bicyclic) bond motifs is 1. The summed E-state index contributed by atoms with van der Waals surface area (Å²) in [4.78, 5) is 13.5. The molecule has 8 nitrogen and oxygen atoms in total. The second-order valence-corrected chi connectivity index (χ2v) is 9.62. The number of hydrogen-bond donors (Lipinski definition) is 1. The number of ether oxygens (including phenoxy) is 4. The number of amides is 1. The average Bonchev–Trinajstić information content (AvgIpc) is 3.20. The number of carbonyl (C=O) groups is 1. The summed E-state index contributed by atoms with van der Waals surface area (Å²) in [5, 5.41) is 21.5. The Morgan fingerprint density at radius 3 is 2.50 bits per heavy atom. The van der Waals surface area contributed by atoms with Crippen molar-refractivity contribution >= 4 is 5.91 Å². The van der Waals surface area contributed by atoms with E-state index in [4.69, 9.17) is 24.2 Å². The van der Waals surface area contributed by atoms with E-state index in [-0.39, 0.29) is 31.6 Å². The second-order valence-electron chi connectivity index (χ2n) is 9.62. The van der Waals surface area contributed by atoms with Gasteiger partial charge in [-0.1, -0.05) is 30.3 Å². The fourth-order valence-corrected chi connectivity index (χ4v) is 4.88. The van der Waals surface area contributed by atoms with E-state index in [9.17, 15) is 10.1 Å². The highest BCUT2D eigenvalue weighted by Gasteiger charge is 2.58. The molecule has 36 heavy (non-hydrogen) atoms. The molecule has 8 heteroatoms. The molecule has 1 aliphatic carbocycles. The highest BCUT2D eigenvalue weighted by atomic mass is 16.8. The first-order chi connectivity index (χ1) is 17.3. The summed E-state index contributed by atoms with van der Waals surface area (Å²) in [6.45, 7) is 6.39. The number of carbonyl (C=O) groups excluding carboxylic acids is 1. The fourth-order valence-electron chi connectivity index (χ4n) is 4.88. The lowest BCUT2D eigenvalue weighted by Gasteiger charge is -2.43. The molecular weight excluding hydrogens is 458 g/mol. The molecule has 1 amide bonds. The standard InChI is InChI=1S/C28H31N3O5/c1-4-31-26(32)28(34-18-22-8-6-5-7-21(22)16-30)13-23(25-24(14-28)35-27(2,3)36-25)33-17-20-11-9-19(15-29)10-12-20/h5-12,23-25H,4,13-14,17-18H2,1-3H3,(H,31,32)/t23-,24-,25+,28-/m1/s1. The number of likely N-dealkylation sites (N-methyl/N-ethyl adjacent to an activating group) is 1. The minimum atomic E-state index is -1.22. The zero-order valence-electron chi connectivity index (χ0n) is 20.8. The van der Waals surface area contributed by atoms with Crippen LogP contribution in [-0.2, 0) is 37.0 Å². The van der Waals surface area contributed by atoms with E-state index in [0.29, 0.717) is 29.7 Å². The van der Waals surface area contributed by atoms with Crippen molar-refractivity contribution in [2.45, 2.75) is 76.5 Å². The van der Waals surface area contributed by atoms with Crippen LogP contribution < -0.4 is 5.32 Å². The molecule has 0 spiro atoms. The summed E-state index contributed by atoms with van der Waals surface area (Å²) in [6.07, 6.45) is -0.678. The molecule has 1 saturated heterocycles. The normalized spacial score (nSPS) is 26.4. The molecule has 4 atom stereocenters. The van der Waals surface area contributed by atoms with Gasteiger partial charge in [0.25, 0.3) is 5.91 Å². The molecule has 1 aliphatic heterocycles. The van der Waals surface area contributed by atoms with E-state index in [0.717, 1.165) is 5.56 Å². The maximum Gasteiger partial charge on any atom is 0.252 e. The van der Waals surface area contributed by atoms with E-state index in [1.807, 2.05) is 45.0 Å². The first-order valence-corrected chi connectivity index (χ1v) is 12.2. The molecule has 2 aromatic carbocycles. The number of nitriles is 2. The van der Waals surface area contributed by atoms with E-state index in [1.54, 1.807) is 24.3 Å². The Balaban J connectivity index is 1.60. The number of hydrogen-bond acceptors (Lipinski definition) is 7. The van der Waals surface area contributed by atoms with Gasteiger partial charge in [0.05, 0.1) is 48.7 Å². The first kappa shape index (κ1) is 25.8. The average molecular weight is 490 g/mol. The van der Waals surface area contributed by atoms with Crippen molar-refractivity contribution in [1.82, 2.24) is 5.32 Å². The quantitative estimate of drug-likeness (QED) is 0.601. The van der Waals surface area contributed by atoms with Crippen LogP contribution >= 0.6 is 0 Å². The molecule has 4 rings (SSSR count). The van der Waals surface area contributed by atoms with Crippen LogP contribution in [-0.4, -0.2) is 42.2 Å². The zero-order chi connectivity index (χ0) is 25.8. The molecule has 2 aromatic rings. The topological polar surface area (TPSA) is 114 Å². The Bertz CT molecular complexity index is 1170. The fraction of sp³-hybridized carbons (Fsp3) is 0.464. The van der Waals surface area contributed by atoms with Gasteiger partial charge in [0, 0.05) is 19.4 Å². The van der Waals surface area contributed by atoms with Crippen molar-refractivity contribution in [2.24, 2.45) is 0 Å². The SMILES string of the molecule is CCNC(=O)[C@@]1(OCc2ccccc2C#N)C[C@@H](OCc2ccc(C#N)cc2)[C@@H]2OC(C)(C)O[C@@H]2C1. The van der Waals surface area contributed by atoms with E-state index < -0.39 is 23.6 Å². The predicted octanol–water partition coefficient (Wildman–Crippen LogP) is 3.72. The number of nitrogens with one attached hydrogen (secondary N) is 1. The lowest BCUT2D eigenvalue weighted by atomic mass is 9.78. The molecule has 2 aliphatic rings. The molecule has 0 aromatic heterocycles. The molecule has 188 valence electrons. The largest absolute Gasteiger partial charge is 0.371 e. The third-order valence-corrected chi connectivity index (χ3v) is 6.59. The van der Waals surface area contributed by atoms with Crippen molar-refractivity contribution in [3.8, 4) is 12.1 Å². The van der Waals surface area contributed by atoms with Crippen LogP contribution in [0.1, 0.15) is 55.9 Å². The molecule has 0 unspecified atom stereocenters. The smallest absolute Gasteiger partial charge is 0.252 e. The summed E-state index contributed by atoms with van der Waals surface area (Å²) in [7, 11) is 0. The van der Waals surface area contributed by atoms with Crippen molar-refractivity contribution in [3.05, 3.63) is 70.8 Å². The molecule has 0 bridgehead atoms. The summed E-state index contributed by atoms with van der Waals surface area (Å²) in [6, 6.07) is 18.7. The third kappa shape index (κ3) is 5.59. The van der Waals surface area contributed by atoms with Gasteiger partial charge in [0.2, 0.25) is 0 Å². The Labute approximate surface area is 211 Å². The van der Waals surface area contributed by atoms with Gasteiger partial charge in [-0.15, -0.1) is 0 Å². The lowest BCUT2D eigenvalue weighted by Crippen LogP contribution is -2.60. The summed E-state index contributed by atoms with van der Waals surface area (Å²) in [5.41, 5.74) is 1.48. The second kappa shape index (κ2) is 10.8. The minimum Gasteiger partial charge on any atom is -0.371 e. The van der Waals surface area contributed by atoms with Gasteiger partial charge in [0.15, 0.2) is 11.4 Å². The number of nitrogens with zero attached hydrogens (tertiary/aromatic N) is 2. The maximum atomic E-state index is 13.5. The Kier molecular flexibility index (Phi) is 7.73. The van der Waals surface area contributed by atoms with Crippen LogP contribution in [0, 0.1) is 22.7 Å². The Hall–Kier alpha value is -3.27. The zero-order valence-corrected chi connectivity index (χ0v) is 20.8. The maximum absolute atomic E-state index is 13.5. The molecular formula is C28H31N3O5. The third-order valence-electron chi connectivity index (χ3n) is 6.59. The monoisotopic (exact) mass is 489 g/mol. The van der Waals surface area contributed by atoms with Gasteiger partial charge in [-0.2, -0.15) is 10.5 Å². The van der Waals surface area contributed by atoms with Gasteiger partial charge in [-0.25, -0.2) is 0 Å². The van der Waals surface area contributed by atoms with E-state index >= 15 is 0 Å². The van der Waals surface area contributed by atoms with Crippen LogP contribution in [0.15, 0.2) is 48.5 Å². The highest BCUT2D eigenvalue weighted by molar-refractivity contribution is 5.85. The van der Waals surface area contributed by atoms with Crippen LogP contribution in [0.25, 0.3) is 0 Å². The van der Waals surface area contributed by atoms with Crippen molar-refractivity contribution in [3.63, 3.8) is 0 Å². The minimum absolute atomic E-state index is 0.102. The van der Waals surface area contributed by atoms with Gasteiger partial charge >= 0.3 is 0 Å². The summed E-state index contributed by atoms with van der Waals surface area (Å²) >= 11 is 0. The van der Waals surface area contributed by atoms with Crippen molar-refractivity contribution in [2.75, 3.05) is 6.54 Å².